The SMILES string of the molecule is Nc1nccnc1-c1nc2cc(F)ccc2s1. The minimum Gasteiger partial charge on any atom is -0.382 e. The lowest BCUT2D eigenvalue weighted by Gasteiger charge is -1.97. The first-order valence-corrected chi connectivity index (χ1v) is 5.68. The molecule has 0 saturated carbocycles. The lowest BCUT2D eigenvalue weighted by molar-refractivity contribution is 0.629. The average Bonchev–Trinajstić information content (AvgIpc) is 2.72. The molecule has 1 aromatic carbocycles. The van der Waals surface area contributed by atoms with Gasteiger partial charge in [0, 0.05) is 18.5 Å². The van der Waals surface area contributed by atoms with E-state index in [2.05, 4.69) is 15.0 Å². The number of halogens is 1. The summed E-state index contributed by atoms with van der Waals surface area (Å²) in [6.07, 6.45) is 3.07. The zero-order valence-corrected chi connectivity index (χ0v) is 9.41. The number of thiazole rings is 1. The maximum Gasteiger partial charge on any atom is 0.152 e. The highest BCUT2D eigenvalue weighted by Gasteiger charge is 2.11. The molecule has 0 atom stereocenters. The number of anilines is 1. The largest absolute Gasteiger partial charge is 0.382 e. The first-order chi connectivity index (χ1) is 8.24. The molecule has 0 amide bonds. The minimum atomic E-state index is -0.304. The van der Waals surface area contributed by atoms with Crippen molar-refractivity contribution < 1.29 is 4.39 Å². The Labute approximate surface area is 100.0 Å². The third-order valence-electron chi connectivity index (χ3n) is 2.28. The maximum absolute atomic E-state index is 13.0. The number of hydrogen-bond acceptors (Lipinski definition) is 5. The highest BCUT2D eigenvalue weighted by Crippen LogP contribution is 2.31. The van der Waals surface area contributed by atoms with Crippen LogP contribution in [0.25, 0.3) is 20.9 Å². The predicted octanol–water partition coefficient (Wildman–Crippen LogP) is 2.47. The molecule has 0 saturated heterocycles. The van der Waals surface area contributed by atoms with Gasteiger partial charge in [-0.25, -0.2) is 19.3 Å². The van der Waals surface area contributed by atoms with Crippen LogP contribution in [0, 0.1) is 5.82 Å². The van der Waals surface area contributed by atoms with Crippen LogP contribution in [0.1, 0.15) is 0 Å². The molecule has 2 heterocycles. The third-order valence-corrected chi connectivity index (χ3v) is 3.32. The van der Waals surface area contributed by atoms with Gasteiger partial charge in [0.15, 0.2) is 5.82 Å². The van der Waals surface area contributed by atoms with E-state index in [1.54, 1.807) is 12.3 Å². The van der Waals surface area contributed by atoms with Gasteiger partial charge in [0.25, 0.3) is 0 Å². The molecule has 2 N–H and O–H groups in total. The molecule has 0 aliphatic heterocycles. The lowest BCUT2D eigenvalue weighted by atomic mass is 10.3. The normalized spacial score (nSPS) is 10.9. The quantitative estimate of drug-likeness (QED) is 0.716. The minimum absolute atomic E-state index is 0.304. The van der Waals surface area contributed by atoms with Crippen LogP contribution in [0.15, 0.2) is 30.6 Å². The van der Waals surface area contributed by atoms with E-state index in [4.69, 9.17) is 5.73 Å². The van der Waals surface area contributed by atoms with Crippen LogP contribution in [-0.2, 0) is 0 Å². The number of nitrogens with two attached hydrogens (primary N) is 1. The van der Waals surface area contributed by atoms with Crippen molar-refractivity contribution in [1.29, 1.82) is 0 Å². The Hall–Kier alpha value is -2.08. The van der Waals surface area contributed by atoms with Gasteiger partial charge in [-0.2, -0.15) is 0 Å². The van der Waals surface area contributed by atoms with E-state index in [0.29, 0.717) is 22.0 Å². The predicted molar refractivity (Wildman–Crippen MR) is 65.0 cm³/mol. The van der Waals surface area contributed by atoms with E-state index in [9.17, 15) is 4.39 Å². The number of aromatic nitrogens is 3. The molecule has 0 spiro atoms. The first-order valence-electron chi connectivity index (χ1n) is 4.87. The van der Waals surface area contributed by atoms with Gasteiger partial charge in [-0.1, -0.05) is 0 Å². The summed E-state index contributed by atoms with van der Waals surface area (Å²) in [7, 11) is 0. The monoisotopic (exact) mass is 246 g/mol. The van der Waals surface area contributed by atoms with E-state index in [1.807, 2.05) is 0 Å². The van der Waals surface area contributed by atoms with E-state index < -0.39 is 0 Å². The van der Waals surface area contributed by atoms with Crippen molar-refractivity contribution in [2.75, 3.05) is 5.73 Å². The third kappa shape index (κ3) is 1.72. The van der Waals surface area contributed by atoms with Crippen molar-refractivity contribution in [3.05, 3.63) is 36.4 Å². The molecular weight excluding hydrogens is 239 g/mol. The van der Waals surface area contributed by atoms with E-state index in [0.717, 1.165) is 4.70 Å². The highest BCUT2D eigenvalue weighted by atomic mass is 32.1. The number of nitrogen functional groups attached to an aromatic ring is 1. The number of nitrogens with zero attached hydrogens (tertiary/aromatic N) is 3. The van der Waals surface area contributed by atoms with E-state index in [-0.39, 0.29) is 5.82 Å². The van der Waals surface area contributed by atoms with Gasteiger partial charge in [-0.3, -0.25) is 0 Å². The van der Waals surface area contributed by atoms with Crippen molar-refractivity contribution in [3.63, 3.8) is 0 Å². The smallest absolute Gasteiger partial charge is 0.152 e. The molecule has 0 aliphatic rings. The summed E-state index contributed by atoms with van der Waals surface area (Å²) in [5, 5.41) is 0.649. The van der Waals surface area contributed by atoms with Crippen LogP contribution < -0.4 is 5.73 Å². The first kappa shape index (κ1) is 10.1. The molecular formula is C11H7FN4S. The van der Waals surface area contributed by atoms with Crippen molar-refractivity contribution in [2.45, 2.75) is 0 Å². The summed E-state index contributed by atoms with van der Waals surface area (Å²) in [5.41, 5.74) is 6.87. The van der Waals surface area contributed by atoms with E-state index >= 15 is 0 Å². The fourth-order valence-electron chi connectivity index (χ4n) is 1.52. The van der Waals surface area contributed by atoms with Gasteiger partial charge in [-0.15, -0.1) is 11.3 Å². The molecule has 0 bridgehead atoms. The molecule has 0 unspecified atom stereocenters. The summed E-state index contributed by atoms with van der Waals surface area (Å²) in [6, 6.07) is 4.49. The Bertz CT molecular complexity index is 695. The second-order valence-electron chi connectivity index (χ2n) is 3.42. The van der Waals surface area contributed by atoms with Gasteiger partial charge in [0.05, 0.1) is 10.2 Å². The molecule has 84 valence electrons. The molecule has 3 rings (SSSR count). The van der Waals surface area contributed by atoms with Crippen molar-refractivity contribution >= 4 is 27.4 Å². The second-order valence-corrected chi connectivity index (χ2v) is 4.45. The van der Waals surface area contributed by atoms with Crippen LogP contribution in [0.3, 0.4) is 0 Å². The molecule has 0 aliphatic carbocycles. The Kier molecular flexibility index (Phi) is 2.22. The Morgan fingerprint density at radius 3 is 2.82 bits per heavy atom. The van der Waals surface area contributed by atoms with Crippen LogP contribution in [0.2, 0.25) is 0 Å². The summed E-state index contributed by atoms with van der Waals surface area (Å²) in [5.74, 6) is 0.0218. The topological polar surface area (TPSA) is 64.7 Å². The number of benzene rings is 1. The van der Waals surface area contributed by atoms with Crippen LogP contribution in [-0.4, -0.2) is 15.0 Å². The maximum atomic E-state index is 13.0. The summed E-state index contributed by atoms with van der Waals surface area (Å²) in [4.78, 5) is 12.4. The molecule has 4 nitrogen and oxygen atoms in total. The molecule has 0 radical (unpaired) electrons. The molecule has 17 heavy (non-hydrogen) atoms. The highest BCUT2D eigenvalue weighted by molar-refractivity contribution is 7.21. The van der Waals surface area contributed by atoms with Gasteiger partial charge >= 0.3 is 0 Å². The zero-order valence-electron chi connectivity index (χ0n) is 8.59. The van der Waals surface area contributed by atoms with E-state index in [1.165, 1.54) is 29.7 Å². The Morgan fingerprint density at radius 2 is 2.00 bits per heavy atom. The standard InChI is InChI=1S/C11H7FN4S/c12-6-1-2-8-7(5-6)16-11(17-8)9-10(13)15-4-3-14-9/h1-5H,(H2,13,15). The zero-order chi connectivity index (χ0) is 11.8. The van der Waals surface area contributed by atoms with Gasteiger partial charge in [0.1, 0.15) is 16.5 Å². The van der Waals surface area contributed by atoms with Gasteiger partial charge in [0.2, 0.25) is 0 Å². The Balaban J connectivity index is 2.22. The van der Waals surface area contributed by atoms with Crippen LogP contribution in [0.5, 0.6) is 0 Å². The van der Waals surface area contributed by atoms with Crippen molar-refractivity contribution in [2.24, 2.45) is 0 Å². The number of rotatable bonds is 1. The summed E-state index contributed by atoms with van der Waals surface area (Å²) < 4.78 is 13.9. The fraction of sp³-hybridized carbons (Fsp3) is 0. The molecule has 3 aromatic rings. The van der Waals surface area contributed by atoms with Crippen molar-refractivity contribution in [1.82, 2.24) is 15.0 Å². The second kappa shape index (κ2) is 3.74. The fourth-order valence-corrected chi connectivity index (χ4v) is 2.47. The number of hydrogen-bond donors (Lipinski definition) is 1. The van der Waals surface area contributed by atoms with Crippen molar-refractivity contribution in [3.8, 4) is 10.7 Å². The Morgan fingerprint density at radius 1 is 1.18 bits per heavy atom. The molecule has 2 aromatic heterocycles. The molecule has 0 fully saturated rings. The average molecular weight is 246 g/mol. The van der Waals surface area contributed by atoms with Gasteiger partial charge < -0.3 is 5.73 Å². The molecule has 6 heteroatoms. The van der Waals surface area contributed by atoms with Gasteiger partial charge in [-0.05, 0) is 12.1 Å². The number of fused-ring (bicyclic) bond motifs is 1. The van der Waals surface area contributed by atoms with Crippen LogP contribution >= 0.6 is 11.3 Å². The lowest BCUT2D eigenvalue weighted by Crippen LogP contribution is -1.95. The summed E-state index contributed by atoms with van der Waals surface area (Å²) >= 11 is 1.41. The van der Waals surface area contributed by atoms with Crippen LogP contribution in [0.4, 0.5) is 10.2 Å². The summed E-state index contributed by atoms with van der Waals surface area (Å²) in [6.45, 7) is 0.